The maximum absolute atomic E-state index is 12.2. The third-order valence-electron chi connectivity index (χ3n) is 2.74. The highest BCUT2D eigenvalue weighted by Gasteiger charge is 2.22. The third-order valence-corrected chi connectivity index (χ3v) is 4.80. The van der Waals surface area contributed by atoms with Crippen LogP contribution in [-0.2, 0) is 14.8 Å². The minimum absolute atomic E-state index is 0.0930. The number of ether oxygens (including phenoxy) is 1. The molecule has 0 aliphatic carbocycles. The summed E-state index contributed by atoms with van der Waals surface area (Å²) in [7, 11) is -3.80. The van der Waals surface area contributed by atoms with Gasteiger partial charge >= 0.3 is 5.97 Å². The van der Waals surface area contributed by atoms with Crippen molar-refractivity contribution in [1.29, 1.82) is 0 Å². The number of aromatic carboxylic acids is 1. The quantitative estimate of drug-likeness (QED) is 0.815. The zero-order chi connectivity index (χ0) is 14.8. The van der Waals surface area contributed by atoms with Gasteiger partial charge in [0.15, 0.2) is 0 Å². The summed E-state index contributed by atoms with van der Waals surface area (Å²) in [6, 6.07) is 3.87. The van der Waals surface area contributed by atoms with Crippen molar-refractivity contribution in [1.82, 2.24) is 9.84 Å². The molecule has 0 spiro atoms. The molecule has 1 aliphatic heterocycles. The number of rotatable bonds is 4. The van der Waals surface area contributed by atoms with E-state index in [1.807, 2.05) is 0 Å². The van der Waals surface area contributed by atoms with Gasteiger partial charge in [-0.25, -0.2) is 18.2 Å². The van der Waals surface area contributed by atoms with Crippen LogP contribution in [0.25, 0.3) is 0 Å². The Morgan fingerprint density at radius 3 is 2.60 bits per heavy atom. The van der Waals surface area contributed by atoms with Crippen molar-refractivity contribution >= 4 is 31.9 Å². The highest BCUT2D eigenvalue weighted by atomic mass is 79.9. The van der Waals surface area contributed by atoms with Crippen LogP contribution in [0.1, 0.15) is 10.4 Å². The van der Waals surface area contributed by atoms with Crippen molar-refractivity contribution in [3.05, 3.63) is 28.2 Å². The Kier molecular flexibility index (Phi) is 4.76. The molecule has 1 aromatic carbocycles. The molecule has 2 N–H and O–H groups in total. The molecule has 20 heavy (non-hydrogen) atoms. The van der Waals surface area contributed by atoms with E-state index in [0.717, 1.165) is 6.07 Å². The Balaban J connectivity index is 2.24. The average molecular weight is 365 g/mol. The van der Waals surface area contributed by atoms with Crippen LogP contribution in [0.3, 0.4) is 0 Å². The molecule has 0 unspecified atom stereocenters. The molecule has 9 heteroatoms. The maximum Gasteiger partial charge on any atom is 0.336 e. The van der Waals surface area contributed by atoms with E-state index in [-0.39, 0.29) is 10.5 Å². The van der Waals surface area contributed by atoms with Crippen molar-refractivity contribution in [2.45, 2.75) is 4.90 Å². The van der Waals surface area contributed by atoms with E-state index in [2.05, 4.69) is 20.8 Å². The molecule has 1 saturated heterocycles. The Hall–Kier alpha value is -1.00. The van der Waals surface area contributed by atoms with Crippen molar-refractivity contribution in [2.75, 3.05) is 26.3 Å². The molecule has 0 atom stereocenters. The molecule has 1 aromatic rings. The summed E-state index contributed by atoms with van der Waals surface area (Å²) >= 11 is 3.07. The van der Waals surface area contributed by atoms with Crippen LogP contribution in [0.15, 0.2) is 27.6 Å². The number of benzene rings is 1. The van der Waals surface area contributed by atoms with Gasteiger partial charge in [0.1, 0.15) is 0 Å². The summed E-state index contributed by atoms with van der Waals surface area (Å²) in [6.45, 7) is 1.79. The SMILES string of the molecule is O=C(O)c1cc(S(=O)(=O)NN2CCOCC2)ccc1Br. The van der Waals surface area contributed by atoms with Crippen molar-refractivity contribution in [3.63, 3.8) is 0 Å². The van der Waals surface area contributed by atoms with Gasteiger partial charge in [-0.3, -0.25) is 0 Å². The zero-order valence-electron chi connectivity index (χ0n) is 10.4. The van der Waals surface area contributed by atoms with Crippen molar-refractivity contribution in [3.8, 4) is 0 Å². The molecule has 110 valence electrons. The fourth-order valence-electron chi connectivity index (χ4n) is 1.71. The van der Waals surface area contributed by atoms with Gasteiger partial charge < -0.3 is 9.84 Å². The highest BCUT2D eigenvalue weighted by molar-refractivity contribution is 9.10. The smallest absolute Gasteiger partial charge is 0.336 e. The number of hydrogen-bond acceptors (Lipinski definition) is 5. The van der Waals surface area contributed by atoms with Crippen molar-refractivity contribution in [2.24, 2.45) is 0 Å². The Morgan fingerprint density at radius 1 is 1.35 bits per heavy atom. The molecule has 0 radical (unpaired) electrons. The number of sulfonamides is 1. The van der Waals surface area contributed by atoms with Gasteiger partial charge in [0, 0.05) is 17.6 Å². The van der Waals surface area contributed by atoms with E-state index >= 15 is 0 Å². The summed E-state index contributed by atoms with van der Waals surface area (Å²) in [6.07, 6.45) is 0. The molecule has 1 aliphatic rings. The zero-order valence-corrected chi connectivity index (χ0v) is 12.8. The van der Waals surface area contributed by atoms with Gasteiger partial charge in [-0.15, -0.1) is 4.83 Å². The molecule has 7 nitrogen and oxygen atoms in total. The van der Waals surface area contributed by atoms with Crippen LogP contribution in [0.2, 0.25) is 0 Å². The lowest BCUT2D eigenvalue weighted by Crippen LogP contribution is -2.48. The van der Waals surface area contributed by atoms with E-state index in [1.165, 1.54) is 17.1 Å². The summed E-state index contributed by atoms with van der Waals surface area (Å²) < 4.78 is 29.8. The summed E-state index contributed by atoms with van der Waals surface area (Å²) in [5.41, 5.74) is -0.102. The second-order valence-electron chi connectivity index (χ2n) is 4.14. The molecule has 0 bridgehead atoms. The lowest BCUT2D eigenvalue weighted by molar-refractivity contribution is 0.0272. The van der Waals surface area contributed by atoms with Crippen LogP contribution in [-0.4, -0.2) is 50.8 Å². The largest absolute Gasteiger partial charge is 0.478 e. The summed E-state index contributed by atoms with van der Waals surface area (Å²) in [5, 5.41) is 10.5. The van der Waals surface area contributed by atoms with E-state index in [9.17, 15) is 13.2 Å². The number of carboxylic acids is 1. The molecule has 0 amide bonds. The number of carboxylic acid groups (broad SMARTS) is 1. The summed E-state index contributed by atoms with van der Waals surface area (Å²) in [4.78, 5) is 13.3. The minimum Gasteiger partial charge on any atom is -0.478 e. The molecule has 1 heterocycles. The second-order valence-corrected chi connectivity index (χ2v) is 6.66. The lowest BCUT2D eigenvalue weighted by atomic mass is 10.2. The van der Waals surface area contributed by atoms with Crippen LogP contribution in [0, 0.1) is 0 Å². The Labute approximate surface area is 124 Å². The molecular formula is C11H13BrN2O5S. The molecule has 0 saturated carbocycles. The Morgan fingerprint density at radius 2 is 2.00 bits per heavy atom. The van der Waals surface area contributed by atoms with Gasteiger partial charge in [-0.05, 0) is 34.1 Å². The fourth-order valence-corrected chi connectivity index (χ4v) is 3.28. The van der Waals surface area contributed by atoms with Crippen LogP contribution in [0.4, 0.5) is 0 Å². The maximum atomic E-state index is 12.2. The number of hydrazine groups is 1. The summed E-state index contributed by atoms with van der Waals surface area (Å²) in [5.74, 6) is -1.19. The number of hydrogen-bond donors (Lipinski definition) is 2. The van der Waals surface area contributed by atoms with Gasteiger partial charge in [0.25, 0.3) is 10.0 Å². The van der Waals surface area contributed by atoms with Gasteiger partial charge in [-0.1, -0.05) is 0 Å². The number of carbonyl (C=O) groups is 1. The monoisotopic (exact) mass is 364 g/mol. The van der Waals surface area contributed by atoms with Crippen LogP contribution >= 0.6 is 15.9 Å². The van der Waals surface area contributed by atoms with E-state index in [0.29, 0.717) is 30.8 Å². The first-order valence-electron chi connectivity index (χ1n) is 5.78. The molecule has 0 aromatic heterocycles. The first-order valence-corrected chi connectivity index (χ1v) is 8.06. The van der Waals surface area contributed by atoms with Crippen LogP contribution in [0.5, 0.6) is 0 Å². The molecular weight excluding hydrogens is 352 g/mol. The van der Waals surface area contributed by atoms with Gasteiger partial charge in [0.2, 0.25) is 0 Å². The number of nitrogens with one attached hydrogen (secondary N) is 1. The normalized spacial score (nSPS) is 17.1. The predicted molar refractivity (Wildman–Crippen MR) is 73.8 cm³/mol. The number of nitrogens with zero attached hydrogens (tertiary/aromatic N) is 1. The molecule has 2 rings (SSSR count). The van der Waals surface area contributed by atoms with E-state index in [1.54, 1.807) is 0 Å². The fraction of sp³-hybridized carbons (Fsp3) is 0.364. The highest BCUT2D eigenvalue weighted by Crippen LogP contribution is 2.21. The third kappa shape index (κ3) is 3.55. The average Bonchev–Trinajstić information content (AvgIpc) is 2.39. The second kappa shape index (κ2) is 6.19. The number of halogens is 1. The van der Waals surface area contributed by atoms with Gasteiger partial charge in [-0.2, -0.15) is 0 Å². The van der Waals surface area contributed by atoms with Crippen molar-refractivity contribution < 1.29 is 23.1 Å². The topological polar surface area (TPSA) is 95.9 Å². The number of morpholine rings is 1. The lowest BCUT2D eigenvalue weighted by Gasteiger charge is -2.26. The predicted octanol–water partition coefficient (Wildman–Crippen LogP) is 0.673. The van der Waals surface area contributed by atoms with E-state index in [4.69, 9.17) is 9.84 Å². The van der Waals surface area contributed by atoms with Gasteiger partial charge in [0.05, 0.1) is 23.7 Å². The first kappa shape index (κ1) is 15.4. The van der Waals surface area contributed by atoms with E-state index < -0.39 is 16.0 Å². The van der Waals surface area contributed by atoms with Crippen LogP contribution < -0.4 is 4.83 Å². The minimum atomic E-state index is -3.80. The Bertz CT molecular complexity index is 613. The molecule has 1 fully saturated rings. The first-order chi connectivity index (χ1) is 9.40. The standard InChI is InChI=1S/C11H13BrN2O5S/c12-10-2-1-8(7-9(10)11(15)16)20(17,18)13-14-3-5-19-6-4-14/h1-2,7,13H,3-6H2,(H,15,16).